The van der Waals surface area contributed by atoms with Crippen molar-refractivity contribution in [2.45, 2.75) is 6.92 Å². The molecule has 0 saturated carbocycles. The zero-order valence-electron chi connectivity index (χ0n) is 17.5. The van der Waals surface area contributed by atoms with Crippen LogP contribution in [0.25, 0.3) is 0 Å². The number of nitrogens with zero attached hydrogens (tertiary/aromatic N) is 2. The Morgan fingerprint density at radius 2 is 1.27 bits per heavy atom. The summed E-state index contributed by atoms with van der Waals surface area (Å²) in [6.45, 7) is 1.87. The fourth-order valence-corrected chi connectivity index (χ4v) is 4.47. The van der Waals surface area contributed by atoms with Gasteiger partial charge in [0.25, 0.3) is 11.8 Å². The number of aryl methyl sites for hydroxylation is 1. The summed E-state index contributed by atoms with van der Waals surface area (Å²) in [5, 5.41) is 5.65. The van der Waals surface area contributed by atoms with Gasteiger partial charge in [0.05, 0.1) is 24.2 Å². The molecule has 33 heavy (non-hydrogen) atoms. The van der Waals surface area contributed by atoms with E-state index >= 15 is 0 Å². The van der Waals surface area contributed by atoms with E-state index in [9.17, 15) is 9.59 Å². The molecule has 2 N–H and O–H groups in total. The monoisotopic (exact) mass is 566 g/mol. The maximum Gasteiger partial charge on any atom is 0.275 e. The van der Waals surface area contributed by atoms with Gasteiger partial charge in [0.2, 0.25) is 0 Å². The van der Waals surface area contributed by atoms with Gasteiger partial charge in [-0.25, -0.2) is 9.98 Å². The van der Waals surface area contributed by atoms with Crippen molar-refractivity contribution >= 4 is 77.8 Å². The van der Waals surface area contributed by atoms with E-state index in [2.05, 4.69) is 52.5 Å². The molecule has 0 spiro atoms. The SMILES string of the molecule is COc1cc(N=C2C(=O)Nc3ccc(Br)cc32)c(C)cc1N=C1C(=O)Nc2ccc(Br)cc21. The highest BCUT2D eigenvalue weighted by Gasteiger charge is 2.28. The average Bonchev–Trinajstić information content (AvgIpc) is 3.25. The first-order valence-corrected chi connectivity index (χ1v) is 11.5. The molecule has 0 fully saturated rings. The lowest BCUT2D eigenvalue weighted by Crippen LogP contribution is -2.14. The van der Waals surface area contributed by atoms with Crippen molar-refractivity contribution in [2.24, 2.45) is 9.98 Å². The normalized spacial score (nSPS) is 16.6. The lowest BCUT2D eigenvalue weighted by atomic mass is 10.1. The molecule has 0 unspecified atom stereocenters. The molecule has 2 aliphatic rings. The van der Waals surface area contributed by atoms with Crippen molar-refractivity contribution in [1.82, 2.24) is 0 Å². The van der Waals surface area contributed by atoms with Crippen LogP contribution < -0.4 is 15.4 Å². The number of halogens is 2. The van der Waals surface area contributed by atoms with E-state index in [-0.39, 0.29) is 11.8 Å². The molecule has 2 heterocycles. The van der Waals surface area contributed by atoms with Crippen LogP contribution in [0, 0.1) is 6.92 Å². The molecule has 0 aromatic heterocycles. The molecule has 3 aromatic rings. The predicted molar refractivity (Wildman–Crippen MR) is 136 cm³/mol. The van der Waals surface area contributed by atoms with Crippen molar-refractivity contribution < 1.29 is 14.3 Å². The van der Waals surface area contributed by atoms with Crippen LogP contribution in [-0.2, 0) is 9.59 Å². The number of amides is 2. The molecule has 0 bridgehead atoms. The topological polar surface area (TPSA) is 92.2 Å². The number of carbonyl (C=O) groups excluding carboxylic acids is 2. The molecule has 0 atom stereocenters. The summed E-state index contributed by atoms with van der Waals surface area (Å²) < 4.78 is 7.26. The van der Waals surface area contributed by atoms with E-state index in [0.29, 0.717) is 45.5 Å². The van der Waals surface area contributed by atoms with Gasteiger partial charge < -0.3 is 15.4 Å². The van der Waals surface area contributed by atoms with Crippen molar-refractivity contribution in [3.05, 3.63) is 74.2 Å². The second-order valence-corrected chi connectivity index (χ2v) is 9.35. The van der Waals surface area contributed by atoms with E-state index in [1.807, 2.05) is 43.3 Å². The minimum absolute atomic E-state index is 0.268. The molecule has 164 valence electrons. The second kappa shape index (κ2) is 8.24. The largest absolute Gasteiger partial charge is 0.494 e. The first-order chi connectivity index (χ1) is 15.8. The standard InChI is InChI=1S/C24H16Br2N4O3/c1-11-7-19(28-22-15-9-13(26)4-6-17(15)30-24(22)32)20(33-2)10-18(11)27-21-14-8-12(25)3-5-16(14)29-23(21)31/h3-10H,1-2H3,(H,27,29,31)(H,28,30,32). The van der Waals surface area contributed by atoms with E-state index in [1.54, 1.807) is 12.1 Å². The zero-order valence-corrected chi connectivity index (χ0v) is 20.7. The lowest BCUT2D eigenvalue weighted by molar-refractivity contribution is -0.110. The van der Waals surface area contributed by atoms with Gasteiger partial charge in [-0.1, -0.05) is 31.9 Å². The number of hydrogen-bond donors (Lipinski definition) is 2. The molecule has 2 amide bonds. The van der Waals surface area contributed by atoms with Gasteiger partial charge in [-0.05, 0) is 55.0 Å². The first kappa shape index (κ1) is 21.5. The van der Waals surface area contributed by atoms with Gasteiger partial charge in [0.15, 0.2) is 0 Å². The van der Waals surface area contributed by atoms with Gasteiger partial charge in [-0.2, -0.15) is 0 Å². The van der Waals surface area contributed by atoms with Crippen molar-refractivity contribution in [2.75, 3.05) is 17.7 Å². The van der Waals surface area contributed by atoms with Crippen LogP contribution in [0.5, 0.6) is 5.75 Å². The number of methoxy groups -OCH3 is 1. The Morgan fingerprint density at radius 1 is 0.758 bits per heavy atom. The Bertz CT molecular complexity index is 1430. The Morgan fingerprint density at radius 3 is 1.79 bits per heavy atom. The van der Waals surface area contributed by atoms with E-state index in [4.69, 9.17) is 4.74 Å². The Hall–Kier alpha value is -3.30. The van der Waals surface area contributed by atoms with E-state index in [0.717, 1.165) is 20.1 Å². The number of nitrogens with one attached hydrogen (secondary N) is 2. The minimum atomic E-state index is -0.281. The summed E-state index contributed by atoms with van der Waals surface area (Å²) in [6.07, 6.45) is 0. The van der Waals surface area contributed by atoms with Crippen LogP contribution in [-0.4, -0.2) is 30.3 Å². The molecule has 0 radical (unpaired) electrons. The number of fused-ring (bicyclic) bond motifs is 2. The van der Waals surface area contributed by atoms with Crippen molar-refractivity contribution in [1.29, 1.82) is 0 Å². The van der Waals surface area contributed by atoms with Crippen LogP contribution in [0.2, 0.25) is 0 Å². The van der Waals surface area contributed by atoms with Crippen LogP contribution in [0.3, 0.4) is 0 Å². The number of anilines is 2. The number of aliphatic imine (C=N–C) groups is 2. The minimum Gasteiger partial charge on any atom is -0.494 e. The smallest absolute Gasteiger partial charge is 0.275 e. The summed E-state index contributed by atoms with van der Waals surface area (Å²) in [4.78, 5) is 34.3. The Kier molecular flexibility index (Phi) is 5.38. The number of rotatable bonds is 3. The molecule has 2 aliphatic heterocycles. The molecule has 7 nitrogen and oxygen atoms in total. The van der Waals surface area contributed by atoms with Crippen LogP contribution in [0.1, 0.15) is 16.7 Å². The molecule has 0 aliphatic carbocycles. The number of carbonyl (C=O) groups is 2. The summed E-state index contributed by atoms with van der Waals surface area (Å²) in [6, 6.07) is 14.6. The fraction of sp³-hybridized carbons (Fsp3) is 0.0833. The second-order valence-electron chi connectivity index (χ2n) is 7.52. The van der Waals surface area contributed by atoms with Crippen molar-refractivity contribution in [3.63, 3.8) is 0 Å². The summed E-state index contributed by atoms with van der Waals surface area (Å²) in [5.41, 5.74) is 5.34. The maximum atomic E-state index is 12.5. The number of hydrogen-bond acceptors (Lipinski definition) is 5. The predicted octanol–water partition coefficient (Wildman–Crippen LogP) is 5.67. The van der Waals surface area contributed by atoms with Gasteiger partial charge in [0, 0.05) is 26.1 Å². The van der Waals surface area contributed by atoms with Gasteiger partial charge >= 0.3 is 0 Å². The molecule has 3 aromatic carbocycles. The van der Waals surface area contributed by atoms with Gasteiger partial charge in [-0.3, -0.25) is 9.59 Å². The zero-order chi connectivity index (χ0) is 23.3. The van der Waals surface area contributed by atoms with Crippen LogP contribution in [0.15, 0.2) is 67.5 Å². The Labute approximate surface area is 206 Å². The molecule has 0 saturated heterocycles. The lowest BCUT2D eigenvalue weighted by Gasteiger charge is -2.10. The van der Waals surface area contributed by atoms with Gasteiger partial charge in [-0.15, -0.1) is 0 Å². The molecular formula is C24H16Br2N4O3. The highest BCUT2D eigenvalue weighted by atomic mass is 79.9. The summed E-state index contributed by atoms with van der Waals surface area (Å²) in [5.74, 6) is -0.107. The molecule has 9 heteroatoms. The third-order valence-electron chi connectivity index (χ3n) is 5.36. The third-order valence-corrected chi connectivity index (χ3v) is 6.35. The quantitative estimate of drug-likeness (QED) is 0.427. The number of ether oxygens (including phenoxy) is 1. The van der Waals surface area contributed by atoms with Crippen molar-refractivity contribution in [3.8, 4) is 5.75 Å². The highest BCUT2D eigenvalue weighted by Crippen LogP contribution is 2.38. The highest BCUT2D eigenvalue weighted by molar-refractivity contribution is 9.10. The maximum absolute atomic E-state index is 12.5. The summed E-state index contributed by atoms with van der Waals surface area (Å²) >= 11 is 6.88. The Balaban J connectivity index is 1.59. The van der Waals surface area contributed by atoms with E-state index in [1.165, 1.54) is 7.11 Å². The van der Waals surface area contributed by atoms with Gasteiger partial charge in [0.1, 0.15) is 22.9 Å². The fourth-order valence-electron chi connectivity index (χ4n) is 3.75. The summed E-state index contributed by atoms with van der Waals surface area (Å²) in [7, 11) is 1.53. The third kappa shape index (κ3) is 3.87. The first-order valence-electron chi connectivity index (χ1n) is 9.92. The molecule has 5 rings (SSSR count). The molecular weight excluding hydrogens is 552 g/mol. The van der Waals surface area contributed by atoms with E-state index < -0.39 is 0 Å². The van der Waals surface area contributed by atoms with Crippen LogP contribution in [0.4, 0.5) is 22.7 Å². The van der Waals surface area contributed by atoms with Crippen LogP contribution >= 0.6 is 31.9 Å². The average molecular weight is 568 g/mol. The number of benzene rings is 3.